The Bertz CT molecular complexity index is 674. The molecule has 0 N–H and O–H groups in total. The third-order valence-corrected chi connectivity index (χ3v) is 3.01. The summed E-state index contributed by atoms with van der Waals surface area (Å²) in [6, 6.07) is 11.9. The molecule has 3 aromatic rings. The molecule has 0 saturated carbocycles. The predicted molar refractivity (Wildman–Crippen MR) is 80.7 cm³/mol. The van der Waals surface area contributed by atoms with E-state index in [1.807, 2.05) is 41.1 Å². The van der Waals surface area contributed by atoms with Crippen LogP contribution in [0.25, 0.3) is 16.9 Å². The molecule has 0 unspecified atom stereocenters. The lowest BCUT2D eigenvalue weighted by atomic mass is 10.2. The Labute approximate surface area is 121 Å². The van der Waals surface area contributed by atoms with Crippen LogP contribution in [0.5, 0.6) is 0 Å². The summed E-state index contributed by atoms with van der Waals surface area (Å²) < 4.78 is 2.02. The first-order valence-electron chi connectivity index (χ1n) is 5.44. The van der Waals surface area contributed by atoms with Crippen molar-refractivity contribution < 1.29 is 0 Å². The van der Waals surface area contributed by atoms with E-state index in [4.69, 9.17) is 11.6 Å². The Morgan fingerprint density at radius 3 is 2.56 bits per heavy atom. The molecule has 0 spiro atoms. The van der Waals surface area contributed by atoms with E-state index >= 15 is 0 Å². The van der Waals surface area contributed by atoms with Crippen molar-refractivity contribution in [2.24, 2.45) is 0 Å². The van der Waals surface area contributed by atoms with Crippen LogP contribution >= 0.6 is 28.6 Å². The monoisotopic (exact) mass is 322 g/mol. The molecule has 4 heteroatoms. The molecule has 92 valence electrons. The number of rotatable bonds is 1. The highest BCUT2D eigenvalue weighted by molar-refractivity contribution is 8.93. The minimum atomic E-state index is 0. The van der Waals surface area contributed by atoms with Gasteiger partial charge in [0, 0.05) is 23.0 Å². The van der Waals surface area contributed by atoms with Gasteiger partial charge in [-0.25, -0.2) is 4.98 Å². The molecule has 0 saturated heterocycles. The molecular formula is C14H12BrClN2. The molecule has 0 bridgehead atoms. The van der Waals surface area contributed by atoms with Crippen LogP contribution in [0.4, 0.5) is 0 Å². The average molecular weight is 324 g/mol. The number of aryl methyl sites for hydroxylation is 1. The highest BCUT2D eigenvalue weighted by Crippen LogP contribution is 2.21. The van der Waals surface area contributed by atoms with E-state index in [1.165, 1.54) is 5.56 Å². The van der Waals surface area contributed by atoms with E-state index in [0.717, 1.165) is 21.9 Å². The number of halogens is 2. The first kappa shape index (κ1) is 13.1. The predicted octanol–water partition coefficient (Wildman–Crippen LogP) is 4.54. The van der Waals surface area contributed by atoms with Crippen molar-refractivity contribution >= 4 is 34.2 Å². The lowest BCUT2D eigenvalue weighted by molar-refractivity contribution is 1.17. The topological polar surface area (TPSA) is 17.3 Å². The molecule has 0 amide bonds. The molecule has 0 aliphatic rings. The lowest BCUT2D eigenvalue weighted by Crippen LogP contribution is -1.81. The second-order valence-corrected chi connectivity index (χ2v) is 4.54. The summed E-state index contributed by atoms with van der Waals surface area (Å²) in [5.41, 5.74) is 4.23. The number of imidazole rings is 1. The van der Waals surface area contributed by atoms with Gasteiger partial charge in [-0.05, 0) is 36.8 Å². The zero-order valence-electron chi connectivity index (χ0n) is 9.80. The molecule has 18 heavy (non-hydrogen) atoms. The van der Waals surface area contributed by atoms with Gasteiger partial charge in [-0.3, -0.25) is 0 Å². The number of hydrogen-bond donors (Lipinski definition) is 0. The van der Waals surface area contributed by atoms with Crippen molar-refractivity contribution in [1.82, 2.24) is 9.38 Å². The standard InChI is InChI=1S/C14H11ClN2.BrH/c1-10-6-7-17-9-13(16-14(17)8-10)11-2-4-12(15)5-3-11;/h2-9H,1H3;1H. The SMILES string of the molecule is Br.Cc1ccn2cc(-c3ccc(Cl)cc3)nc2c1. The summed E-state index contributed by atoms with van der Waals surface area (Å²) >= 11 is 5.87. The van der Waals surface area contributed by atoms with Gasteiger partial charge in [-0.2, -0.15) is 0 Å². The van der Waals surface area contributed by atoms with Crippen LogP contribution in [-0.4, -0.2) is 9.38 Å². The summed E-state index contributed by atoms with van der Waals surface area (Å²) in [5.74, 6) is 0. The van der Waals surface area contributed by atoms with Gasteiger partial charge in [0.2, 0.25) is 0 Å². The summed E-state index contributed by atoms with van der Waals surface area (Å²) in [4.78, 5) is 4.59. The molecule has 2 nitrogen and oxygen atoms in total. The summed E-state index contributed by atoms with van der Waals surface area (Å²) in [7, 11) is 0. The average Bonchev–Trinajstić information content (AvgIpc) is 2.72. The second kappa shape index (κ2) is 5.12. The van der Waals surface area contributed by atoms with E-state index in [2.05, 4.69) is 24.0 Å². The summed E-state index contributed by atoms with van der Waals surface area (Å²) in [6.45, 7) is 2.07. The molecule has 3 rings (SSSR count). The number of fused-ring (bicyclic) bond motifs is 1. The lowest BCUT2D eigenvalue weighted by Gasteiger charge is -1.94. The molecule has 0 atom stereocenters. The van der Waals surface area contributed by atoms with Crippen LogP contribution in [0.15, 0.2) is 48.8 Å². The van der Waals surface area contributed by atoms with Crippen LogP contribution in [0.1, 0.15) is 5.56 Å². The van der Waals surface area contributed by atoms with Crippen LogP contribution in [-0.2, 0) is 0 Å². The normalized spacial score (nSPS) is 10.3. The summed E-state index contributed by atoms with van der Waals surface area (Å²) in [6.07, 6.45) is 4.05. The maximum absolute atomic E-state index is 5.87. The Kier molecular flexibility index (Phi) is 3.73. The molecule has 0 fully saturated rings. The van der Waals surface area contributed by atoms with Crippen molar-refractivity contribution in [2.45, 2.75) is 6.92 Å². The fourth-order valence-corrected chi connectivity index (χ4v) is 1.97. The minimum Gasteiger partial charge on any atom is -0.306 e. The Hall–Kier alpha value is -1.32. The fraction of sp³-hybridized carbons (Fsp3) is 0.0714. The molecule has 2 heterocycles. The quantitative estimate of drug-likeness (QED) is 0.642. The van der Waals surface area contributed by atoms with Gasteiger partial charge < -0.3 is 4.40 Å². The molecule has 0 aliphatic heterocycles. The maximum Gasteiger partial charge on any atom is 0.137 e. The van der Waals surface area contributed by atoms with E-state index in [9.17, 15) is 0 Å². The Morgan fingerprint density at radius 1 is 1.11 bits per heavy atom. The highest BCUT2D eigenvalue weighted by atomic mass is 79.9. The second-order valence-electron chi connectivity index (χ2n) is 4.10. The minimum absolute atomic E-state index is 0. The van der Waals surface area contributed by atoms with Crippen LogP contribution in [0.2, 0.25) is 5.02 Å². The van der Waals surface area contributed by atoms with Crippen molar-refractivity contribution in [2.75, 3.05) is 0 Å². The molecule has 0 aliphatic carbocycles. The zero-order valence-corrected chi connectivity index (χ0v) is 12.3. The first-order chi connectivity index (χ1) is 8.22. The third-order valence-electron chi connectivity index (χ3n) is 2.76. The summed E-state index contributed by atoms with van der Waals surface area (Å²) in [5, 5.41) is 0.744. The number of nitrogens with zero attached hydrogens (tertiary/aromatic N) is 2. The Balaban J connectivity index is 0.00000120. The van der Waals surface area contributed by atoms with Gasteiger partial charge in [-0.15, -0.1) is 17.0 Å². The van der Waals surface area contributed by atoms with Gasteiger partial charge in [0.25, 0.3) is 0 Å². The molecule has 2 aromatic heterocycles. The highest BCUT2D eigenvalue weighted by Gasteiger charge is 2.03. The van der Waals surface area contributed by atoms with Crippen LogP contribution < -0.4 is 0 Å². The van der Waals surface area contributed by atoms with Gasteiger partial charge in [0.1, 0.15) is 5.65 Å². The number of pyridine rings is 1. The Morgan fingerprint density at radius 2 is 1.83 bits per heavy atom. The van der Waals surface area contributed by atoms with Gasteiger partial charge >= 0.3 is 0 Å². The van der Waals surface area contributed by atoms with Gasteiger partial charge in [0.15, 0.2) is 0 Å². The van der Waals surface area contributed by atoms with E-state index in [-0.39, 0.29) is 17.0 Å². The number of aromatic nitrogens is 2. The van der Waals surface area contributed by atoms with Crippen molar-refractivity contribution in [3.8, 4) is 11.3 Å². The van der Waals surface area contributed by atoms with Crippen LogP contribution in [0, 0.1) is 6.92 Å². The van der Waals surface area contributed by atoms with Crippen LogP contribution in [0.3, 0.4) is 0 Å². The van der Waals surface area contributed by atoms with Gasteiger partial charge in [0.05, 0.1) is 5.69 Å². The molecule has 1 aromatic carbocycles. The fourth-order valence-electron chi connectivity index (χ4n) is 1.84. The maximum atomic E-state index is 5.87. The largest absolute Gasteiger partial charge is 0.306 e. The zero-order chi connectivity index (χ0) is 11.8. The van der Waals surface area contributed by atoms with Crippen molar-refractivity contribution in [3.63, 3.8) is 0 Å². The van der Waals surface area contributed by atoms with E-state index in [1.54, 1.807) is 0 Å². The van der Waals surface area contributed by atoms with E-state index in [0.29, 0.717) is 0 Å². The van der Waals surface area contributed by atoms with Gasteiger partial charge in [-0.1, -0.05) is 23.7 Å². The smallest absolute Gasteiger partial charge is 0.137 e. The molecule has 0 radical (unpaired) electrons. The number of hydrogen-bond acceptors (Lipinski definition) is 1. The van der Waals surface area contributed by atoms with E-state index < -0.39 is 0 Å². The third kappa shape index (κ3) is 2.42. The van der Waals surface area contributed by atoms with Crippen molar-refractivity contribution in [3.05, 3.63) is 59.4 Å². The molecular weight excluding hydrogens is 312 g/mol. The van der Waals surface area contributed by atoms with Crippen molar-refractivity contribution in [1.29, 1.82) is 0 Å². The first-order valence-corrected chi connectivity index (χ1v) is 5.81. The number of benzene rings is 1.